The summed E-state index contributed by atoms with van der Waals surface area (Å²) in [6.07, 6.45) is 0. The second kappa shape index (κ2) is 7.55. The Morgan fingerprint density at radius 2 is 2.08 bits per heavy atom. The Morgan fingerprint density at radius 1 is 1.42 bits per heavy atom. The number of aliphatic hydroxyl groups excluding tert-OH is 1. The van der Waals surface area contributed by atoms with E-state index in [1.807, 2.05) is 0 Å². The Bertz CT molecular complexity index is 729. The van der Waals surface area contributed by atoms with E-state index in [0.29, 0.717) is 22.0 Å². The number of aliphatic hydroxyl groups is 1. The van der Waals surface area contributed by atoms with Gasteiger partial charge in [0.25, 0.3) is 6.04 Å². The van der Waals surface area contributed by atoms with Crippen LogP contribution < -0.4 is 0 Å². The Kier molecular flexibility index (Phi) is 5.69. The van der Waals surface area contributed by atoms with Crippen LogP contribution in [0.15, 0.2) is 40.5 Å². The summed E-state index contributed by atoms with van der Waals surface area (Å²) in [5.41, 5.74) is 1.19. The number of esters is 1. The average Bonchev–Trinajstić information content (AvgIpc) is 2.52. The van der Waals surface area contributed by atoms with E-state index in [1.54, 1.807) is 38.1 Å². The third-order valence-electron chi connectivity index (χ3n) is 3.80. The van der Waals surface area contributed by atoms with Crippen LogP contribution in [0.2, 0.25) is 5.02 Å². The smallest absolute Gasteiger partial charge is 0.336 e. The molecule has 7 nitrogen and oxygen atoms in total. The third-order valence-corrected chi connectivity index (χ3v) is 4.14. The van der Waals surface area contributed by atoms with E-state index in [1.165, 1.54) is 0 Å². The molecule has 1 aromatic carbocycles. The number of allylic oxidation sites excluding steroid dienone is 1. The molecule has 0 saturated heterocycles. The molecule has 1 aliphatic rings. The van der Waals surface area contributed by atoms with E-state index < -0.39 is 22.9 Å². The van der Waals surface area contributed by atoms with Crippen LogP contribution in [-0.4, -0.2) is 41.0 Å². The first-order valence-corrected chi connectivity index (χ1v) is 7.68. The number of aliphatic imine (C=N–C) groups is 1. The lowest BCUT2D eigenvalue weighted by molar-refractivity contribution is -0.505. The normalized spacial score (nSPS) is 20.6. The topological polar surface area (TPSA) is 102 Å². The maximum absolute atomic E-state index is 12.4. The molecular formula is C16H17ClN2O5. The van der Waals surface area contributed by atoms with Gasteiger partial charge in [-0.2, -0.15) is 0 Å². The minimum atomic E-state index is -1.22. The maximum Gasteiger partial charge on any atom is 0.336 e. The van der Waals surface area contributed by atoms with Crippen molar-refractivity contribution in [3.05, 3.63) is 56.2 Å². The highest BCUT2D eigenvalue weighted by Crippen LogP contribution is 2.39. The van der Waals surface area contributed by atoms with Gasteiger partial charge < -0.3 is 9.84 Å². The molecule has 1 heterocycles. The number of ether oxygens (including phenoxy) is 1. The largest absolute Gasteiger partial charge is 0.460 e. The van der Waals surface area contributed by atoms with E-state index in [4.69, 9.17) is 21.4 Å². The van der Waals surface area contributed by atoms with Crippen molar-refractivity contribution in [3.8, 4) is 0 Å². The number of hydrogen-bond acceptors (Lipinski definition) is 6. The first-order chi connectivity index (χ1) is 11.4. The van der Waals surface area contributed by atoms with Gasteiger partial charge in [-0.25, -0.2) is 4.79 Å². The van der Waals surface area contributed by atoms with Crippen molar-refractivity contribution >= 4 is 23.3 Å². The second-order valence-corrected chi connectivity index (χ2v) is 5.75. The lowest BCUT2D eigenvalue weighted by Gasteiger charge is -2.28. The number of halogens is 1. The Labute approximate surface area is 143 Å². The minimum Gasteiger partial charge on any atom is -0.460 e. The highest BCUT2D eigenvalue weighted by Gasteiger charge is 2.45. The van der Waals surface area contributed by atoms with Gasteiger partial charge in [0.15, 0.2) is 0 Å². The van der Waals surface area contributed by atoms with Gasteiger partial charge in [-0.15, -0.1) is 0 Å². The summed E-state index contributed by atoms with van der Waals surface area (Å²) in [6, 6.07) is 5.45. The fourth-order valence-corrected chi connectivity index (χ4v) is 3.09. The summed E-state index contributed by atoms with van der Waals surface area (Å²) in [5.74, 6) is -1.65. The van der Waals surface area contributed by atoms with Crippen LogP contribution in [0, 0.1) is 10.1 Å². The maximum atomic E-state index is 12.4. The van der Waals surface area contributed by atoms with Crippen molar-refractivity contribution < 1.29 is 19.6 Å². The number of benzene rings is 1. The van der Waals surface area contributed by atoms with E-state index in [-0.39, 0.29) is 18.8 Å². The minimum absolute atomic E-state index is 0.0869. The van der Waals surface area contributed by atoms with Crippen molar-refractivity contribution in [3.63, 3.8) is 0 Å². The number of nitro groups is 1. The van der Waals surface area contributed by atoms with Crippen LogP contribution in [0.5, 0.6) is 0 Å². The van der Waals surface area contributed by atoms with E-state index in [2.05, 4.69) is 4.99 Å². The molecule has 1 N–H and O–H groups in total. The van der Waals surface area contributed by atoms with Crippen LogP contribution in [0.4, 0.5) is 0 Å². The predicted molar refractivity (Wildman–Crippen MR) is 88.8 cm³/mol. The molecule has 0 radical (unpaired) electrons. The second-order valence-electron chi connectivity index (χ2n) is 5.34. The lowest BCUT2D eigenvalue weighted by atomic mass is 9.80. The first-order valence-electron chi connectivity index (χ1n) is 7.30. The van der Waals surface area contributed by atoms with Crippen molar-refractivity contribution in [2.75, 3.05) is 13.2 Å². The van der Waals surface area contributed by atoms with Gasteiger partial charge in [0.1, 0.15) is 6.61 Å². The summed E-state index contributed by atoms with van der Waals surface area (Å²) in [5, 5.41) is 20.8. The molecule has 2 unspecified atom stereocenters. The van der Waals surface area contributed by atoms with Crippen LogP contribution >= 0.6 is 11.6 Å². The zero-order valence-electron chi connectivity index (χ0n) is 13.2. The van der Waals surface area contributed by atoms with Crippen LogP contribution in [0.1, 0.15) is 25.3 Å². The molecule has 8 heteroatoms. The van der Waals surface area contributed by atoms with Crippen molar-refractivity contribution in [2.24, 2.45) is 4.99 Å². The van der Waals surface area contributed by atoms with Gasteiger partial charge in [0.05, 0.1) is 23.8 Å². The Morgan fingerprint density at radius 3 is 2.67 bits per heavy atom. The lowest BCUT2D eigenvalue weighted by Crippen LogP contribution is -2.40. The molecule has 2 atom stereocenters. The fourth-order valence-electron chi connectivity index (χ4n) is 2.83. The predicted octanol–water partition coefficient (Wildman–Crippen LogP) is 2.35. The SMILES string of the molecule is CC1=NC(C)=C(C(=O)OCCO)C(c2ccccc2Cl)C1[N+](=O)[O-]. The molecule has 2 rings (SSSR count). The highest BCUT2D eigenvalue weighted by molar-refractivity contribution is 6.31. The van der Waals surface area contributed by atoms with E-state index >= 15 is 0 Å². The zero-order chi connectivity index (χ0) is 17.9. The molecule has 0 bridgehead atoms. The van der Waals surface area contributed by atoms with Crippen molar-refractivity contribution in [1.29, 1.82) is 0 Å². The summed E-state index contributed by atoms with van der Waals surface area (Å²) in [4.78, 5) is 27.7. The number of rotatable bonds is 5. The number of nitrogens with zero attached hydrogens (tertiary/aromatic N) is 2. The summed E-state index contributed by atoms with van der Waals surface area (Å²) in [6.45, 7) is 2.61. The molecule has 0 amide bonds. The van der Waals surface area contributed by atoms with E-state index in [0.717, 1.165) is 0 Å². The van der Waals surface area contributed by atoms with Gasteiger partial charge in [0.2, 0.25) is 0 Å². The molecule has 24 heavy (non-hydrogen) atoms. The molecule has 1 aliphatic heterocycles. The molecule has 0 fully saturated rings. The van der Waals surface area contributed by atoms with Crippen LogP contribution in [-0.2, 0) is 9.53 Å². The average molecular weight is 353 g/mol. The number of hydrogen-bond donors (Lipinski definition) is 1. The van der Waals surface area contributed by atoms with Crippen molar-refractivity contribution in [1.82, 2.24) is 0 Å². The monoisotopic (exact) mass is 352 g/mol. The zero-order valence-corrected chi connectivity index (χ0v) is 14.0. The van der Waals surface area contributed by atoms with Crippen LogP contribution in [0.3, 0.4) is 0 Å². The molecule has 128 valence electrons. The molecule has 1 aromatic rings. The summed E-state index contributed by atoms with van der Waals surface area (Å²) < 4.78 is 4.97. The van der Waals surface area contributed by atoms with Gasteiger partial charge in [-0.1, -0.05) is 29.8 Å². The molecule has 0 spiro atoms. The highest BCUT2D eigenvalue weighted by atomic mass is 35.5. The van der Waals surface area contributed by atoms with Gasteiger partial charge in [-0.3, -0.25) is 15.1 Å². The first kappa shape index (κ1) is 18.1. The standard InChI is InChI=1S/C16H17ClN2O5/c1-9-13(16(21)24-8-7-20)14(11-5-3-4-6-12(11)17)15(19(22)23)10(2)18-9/h3-6,14-15,20H,7-8H2,1-2H3. The van der Waals surface area contributed by atoms with E-state index in [9.17, 15) is 14.9 Å². The van der Waals surface area contributed by atoms with Crippen LogP contribution in [0.25, 0.3) is 0 Å². The summed E-state index contributed by atoms with van der Waals surface area (Å²) >= 11 is 6.22. The van der Waals surface area contributed by atoms with Gasteiger partial charge >= 0.3 is 5.97 Å². The Hall–Kier alpha value is -2.25. The number of carbonyl (C=O) groups is 1. The van der Waals surface area contributed by atoms with Crippen molar-refractivity contribution in [2.45, 2.75) is 25.8 Å². The quantitative estimate of drug-likeness (QED) is 0.498. The number of carbonyl (C=O) groups excluding carboxylic acids is 1. The molecular weight excluding hydrogens is 336 g/mol. The van der Waals surface area contributed by atoms with Gasteiger partial charge in [0, 0.05) is 15.6 Å². The summed E-state index contributed by atoms with van der Waals surface area (Å²) in [7, 11) is 0. The molecule has 0 aliphatic carbocycles. The van der Waals surface area contributed by atoms with Gasteiger partial charge in [-0.05, 0) is 25.5 Å². The Balaban J connectivity index is 2.61. The molecule has 0 aromatic heterocycles. The third kappa shape index (κ3) is 3.47. The fraction of sp³-hybridized carbons (Fsp3) is 0.375. The molecule has 0 saturated carbocycles.